The van der Waals surface area contributed by atoms with Crippen molar-refractivity contribution in [3.63, 3.8) is 0 Å². The largest absolute Gasteiger partial charge is 0.497 e. The monoisotopic (exact) mass is 402 g/mol. The Kier molecular flexibility index (Phi) is 4.68. The third-order valence-corrected chi connectivity index (χ3v) is 6.52. The van der Waals surface area contributed by atoms with E-state index in [0.29, 0.717) is 16.9 Å². The van der Waals surface area contributed by atoms with Crippen molar-refractivity contribution < 1.29 is 22.7 Å². The van der Waals surface area contributed by atoms with Crippen LogP contribution in [0.2, 0.25) is 0 Å². The molecule has 28 heavy (non-hydrogen) atoms. The lowest BCUT2D eigenvalue weighted by atomic mass is 10.0. The van der Waals surface area contributed by atoms with Crippen LogP contribution in [0, 0.1) is 5.82 Å². The molecular formula is C20H19FN2O4S. The Hall–Kier alpha value is -2.71. The van der Waals surface area contributed by atoms with Gasteiger partial charge in [0.2, 0.25) is 0 Å². The van der Waals surface area contributed by atoms with Crippen LogP contribution >= 0.6 is 0 Å². The zero-order chi connectivity index (χ0) is 19.9. The van der Waals surface area contributed by atoms with Crippen LogP contribution in [0.25, 0.3) is 11.3 Å². The minimum Gasteiger partial charge on any atom is -0.497 e. The fourth-order valence-corrected chi connectivity index (χ4v) is 4.76. The van der Waals surface area contributed by atoms with E-state index in [-0.39, 0.29) is 28.7 Å². The normalized spacial score (nSPS) is 14.2. The molecule has 3 aromatic rings. The molecule has 0 aliphatic heterocycles. The van der Waals surface area contributed by atoms with E-state index in [1.807, 2.05) is 0 Å². The number of ether oxygens (including phenoxy) is 1. The van der Waals surface area contributed by atoms with Crippen LogP contribution < -0.4 is 4.74 Å². The summed E-state index contributed by atoms with van der Waals surface area (Å²) in [6.45, 7) is -0.327. The number of aliphatic hydroxyl groups excluding tert-OH is 1. The second-order valence-corrected chi connectivity index (χ2v) is 8.50. The van der Waals surface area contributed by atoms with Gasteiger partial charge in [-0.3, -0.25) is 4.98 Å². The molecule has 8 heteroatoms. The van der Waals surface area contributed by atoms with Gasteiger partial charge in [0.1, 0.15) is 16.5 Å². The maximum atomic E-state index is 14.9. The van der Waals surface area contributed by atoms with Gasteiger partial charge in [-0.15, -0.1) is 0 Å². The molecule has 1 aliphatic rings. The van der Waals surface area contributed by atoms with Crippen LogP contribution in [0.1, 0.15) is 29.9 Å². The molecule has 0 bridgehead atoms. The molecule has 1 fully saturated rings. The number of hydrogen-bond acceptors (Lipinski definition) is 5. The fourth-order valence-electron chi connectivity index (χ4n) is 3.38. The van der Waals surface area contributed by atoms with Crippen LogP contribution in [-0.2, 0) is 16.6 Å². The van der Waals surface area contributed by atoms with E-state index in [1.165, 1.54) is 50.0 Å². The highest BCUT2D eigenvalue weighted by Gasteiger charge is 2.35. The Morgan fingerprint density at radius 3 is 2.68 bits per heavy atom. The molecule has 1 aliphatic carbocycles. The van der Waals surface area contributed by atoms with Crippen molar-refractivity contribution in [3.8, 4) is 17.0 Å². The predicted octanol–water partition coefficient (Wildman–Crippen LogP) is 3.30. The van der Waals surface area contributed by atoms with E-state index in [1.54, 1.807) is 6.07 Å². The molecule has 2 aromatic heterocycles. The van der Waals surface area contributed by atoms with Gasteiger partial charge in [0.25, 0.3) is 10.0 Å². The number of halogens is 1. The lowest BCUT2D eigenvalue weighted by Gasteiger charge is -2.14. The fraction of sp³-hybridized carbons (Fsp3) is 0.250. The molecule has 0 atom stereocenters. The van der Waals surface area contributed by atoms with Crippen LogP contribution in [0.15, 0.2) is 53.8 Å². The van der Waals surface area contributed by atoms with Crippen LogP contribution in [0.3, 0.4) is 0 Å². The summed E-state index contributed by atoms with van der Waals surface area (Å²) in [6, 6.07) is 7.27. The van der Waals surface area contributed by atoms with Gasteiger partial charge in [-0.25, -0.2) is 16.8 Å². The molecule has 0 radical (unpaired) electrons. The van der Waals surface area contributed by atoms with Crippen molar-refractivity contribution >= 4 is 10.0 Å². The smallest absolute Gasteiger partial charge is 0.269 e. The molecule has 146 valence electrons. The van der Waals surface area contributed by atoms with Crippen molar-refractivity contribution in [2.45, 2.75) is 30.3 Å². The lowest BCUT2D eigenvalue weighted by Crippen LogP contribution is -2.14. The van der Waals surface area contributed by atoms with Gasteiger partial charge in [-0.2, -0.15) is 0 Å². The number of nitrogens with zero attached hydrogens (tertiary/aromatic N) is 2. The molecule has 1 N–H and O–H groups in total. The highest BCUT2D eigenvalue weighted by atomic mass is 32.2. The summed E-state index contributed by atoms with van der Waals surface area (Å²) in [6.07, 6.45) is 5.85. The summed E-state index contributed by atoms with van der Waals surface area (Å²) in [7, 11) is -2.59. The molecule has 0 amide bonds. The predicted molar refractivity (Wildman–Crippen MR) is 101 cm³/mol. The maximum absolute atomic E-state index is 14.9. The second kappa shape index (κ2) is 7.03. The average Bonchev–Trinajstić information content (AvgIpc) is 3.48. The summed E-state index contributed by atoms with van der Waals surface area (Å²) >= 11 is 0. The molecule has 4 rings (SSSR count). The highest BCUT2D eigenvalue weighted by molar-refractivity contribution is 7.90. The van der Waals surface area contributed by atoms with E-state index >= 15 is 0 Å². The zero-order valence-corrected chi connectivity index (χ0v) is 16.0. The van der Waals surface area contributed by atoms with Crippen molar-refractivity contribution in [1.82, 2.24) is 8.96 Å². The van der Waals surface area contributed by atoms with E-state index in [2.05, 4.69) is 4.98 Å². The summed E-state index contributed by atoms with van der Waals surface area (Å²) in [5.41, 5.74) is 1.56. The Balaban J connectivity index is 2.00. The molecule has 6 nitrogen and oxygen atoms in total. The van der Waals surface area contributed by atoms with Crippen molar-refractivity contribution in [1.29, 1.82) is 0 Å². The van der Waals surface area contributed by atoms with Crippen molar-refractivity contribution in [2.75, 3.05) is 7.11 Å². The first-order valence-electron chi connectivity index (χ1n) is 8.82. The SMILES string of the molecule is COc1ccc(-c2c(C3CC3)c(CO)cn2S(=O)(=O)c2cccnc2)c(F)c1. The molecular weight excluding hydrogens is 383 g/mol. The number of methoxy groups -OCH3 is 1. The molecule has 0 saturated heterocycles. The van der Waals surface area contributed by atoms with Crippen LogP contribution in [0.5, 0.6) is 5.75 Å². The molecule has 1 aromatic carbocycles. The van der Waals surface area contributed by atoms with Gasteiger partial charge >= 0.3 is 0 Å². The van der Waals surface area contributed by atoms with E-state index in [9.17, 15) is 17.9 Å². The number of benzene rings is 1. The average molecular weight is 402 g/mol. The molecule has 2 heterocycles. The molecule has 0 unspecified atom stereocenters. The minimum atomic E-state index is -4.02. The quantitative estimate of drug-likeness (QED) is 0.684. The van der Waals surface area contributed by atoms with Gasteiger partial charge in [0, 0.05) is 35.8 Å². The number of rotatable bonds is 6. The Morgan fingerprint density at radius 2 is 2.11 bits per heavy atom. The maximum Gasteiger partial charge on any atom is 0.269 e. The van der Waals surface area contributed by atoms with Gasteiger partial charge in [0.15, 0.2) is 0 Å². The first-order valence-corrected chi connectivity index (χ1v) is 10.3. The van der Waals surface area contributed by atoms with Crippen LogP contribution in [-0.4, -0.2) is 29.6 Å². The molecule has 1 saturated carbocycles. The minimum absolute atomic E-state index is 0.00740. The lowest BCUT2D eigenvalue weighted by molar-refractivity contribution is 0.281. The standard InChI is InChI=1S/C20H19FN2O4S/c1-27-15-6-7-17(18(21)9-15)20-19(13-4-5-13)14(12-24)11-23(20)28(25,26)16-3-2-8-22-10-16/h2-3,6-11,13,24H,4-5,12H2,1H3. The van der Waals surface area contributed by atoms with E-state index in [4.69, 9.17) is 4.74 Å². The van der Waals surface area contributed by atoms with Gasteiger partial charge < -0.3 is 9.84 Å². The number of pyridine rings is 1. The van der Waals surface area contributed by atoms with Crippen molar-refractivity contribution in [3.05, 3.63) is 65.9 Å². The number of aromatic nitrogens is 2. The molecule has 0 spiro atoms. The third-order valence-electron chi connectivity index (χ3n) is 4.87. The Labute approximate surface area is 162 Å². The number of aliphatic hydroxyl groups is 1. The highest BCUT2D eigenvalue weighted by Crippen LogP contribution is 2.48. The van der Waals surface area contributed by atoms with E-state index < -0.39 is 15.8 Å². The first-order chi connectivity index (χ1) is 13.5. The summed E-state index contributed by atoms with van der Waals surface area (Å²) in [4.78, 5) is 3.88. The Morgan fingerprint density at radius 1 is 1.32 bits per heavy atom. The van der Waals surface area contributed by atoms with Gasteiger partial charge in [-0.1, -0.05) is 0 Å². The van der Waals surface area contributed by atoms with E-state index in [0.717, 1.165) is 16.8 Å². The first kappa shape index (κ1) is 18.6. The number of hydrogen-bond donors (Lipinski definition) is 1. The summed E-state index contributed by atoms with van der Waals surface area (Å²) < 4.78 is 47.6. The zero-order valence-electron chi connectivity index (χ0n) is 15.2. The van der Waals surface area contributed by atoms with Crippen molar-refractivity contribution in [2.24, 2.45) is 0 Å². The third kappa shape index (κ3) is 3.08. The van der Waals surface area contributed by atoms with Crippen LogP contribution in [0.4, 0.5) is 4.39 Å². The topological polar surface area (TPSA) is 81.4 Å². The van der Waals surface area contributed by atoms with Gasteiger partial charge in [0.05, 0.1) is 19.4 Å². The second-order valence-electron chi connectivity index (χ2n) is 6.68. The Bertz CT molecular complexity index is 1120. The summed E-state index contributed by atoms with van der Waals surface area (Å²) in [5.74, 6) is -0.152. The van der Waals surface area contributed by atoms with Gasteiger partial charge in [-0.05, 0) is 48.6 Å². The summed E-state index contributed by atoms with van der Waals surface area (Å²) in [5, 5.41) is 9.83.